The SMILES string of the molecule is O=C(COC(=O)c1ccc([N+](=O)[O-])cc1Cl)NCc1ccc(Cl)cc1. The fraction of sp³-hybridized carbons (Fsp3) is 0.125. The molecule has 0 fully saturated rings. The molecule has 0 radical (unpaired) electrons. The van der Waals surface area contributed by atoms with E-state index in [0.29, 0.717) is 5.02 Å². The number of rotatable bonds is 6. The number of carbonyl (C=O) groups is 2. The molecule has 25 heavy (non-hydrogen) atoms. The molecule has 1 N–H and O–H groups in total. The summed E-state index contributed by atoms with van der Waals surface area (Å²) in [6.45, 7) is -0.244. The zero-order valence-electron chi connectivity index (χ0n) is 12.7. The first-order valence-corrected chi connectivity index (χ1v) is 7.74. The van der Waals surface area contributed by atoms with Crippen molar-refractivity contribution in [1.29, 1.82) is 0 Å². The standard InChI is InChI=1S/C16H12Cl2N2O5/c17-11-3-1-10(2-4-11)8-19-15(21)9-25-16(22)13-6-5-12(20(23)24)7-14(13)18/h1-7H,8-9H2,(H,19,21). The van der Waals surface area contributed by atoms with E-state index < -0.39 is 23.4 Å². The number of carbonyl (C=O) groups excluding carboxylic acids is 2. The van der Waals surface area contributed by atoms with Crippen molar-refractivity contribution in [2.75, 3.05) is 6.61 Å². The molecule has 0 saturated heterocycles. The lowest BCUT2D eigenvalue weighted by Gasteiger charge is -2.07. The van der Waals surface area contributed by atoms with Crippen LogP contribution in [0.25, 0.3) is 0 Å². The van der Waals surface area contributed by atoms with Gasteiger partial charge in [-0.15, -0.1) is 0 Å². The lowest BCUT2D eigenvalue weighted by atomic mass is 10.2. The van der Waals surface area contributed by atoms with E-state index in [-0.39, 0.29) is 22.8 Å². The van der Waals surface area contributed by atoms with Gasteiger partial charge in [0.1, 0.15) is 0 Å². The highest BCUT2D eigenvalue weighted by molar-refractivity contribution is 6.33. The number of nitro groups is 1. The number of ether oxygens (including phenoxy) is 1. The van der Waals surface area contributed by atoms with Crippen LogP contribution in [-0.2, 0) is 16.1 Å². The number of non-ortho nitro benzene ring substituents is 1. The zero-order valence-corrected chi connectivity index (χ0v) is 14.2. The minimum atomic E-state index is -0.846. The highest BCUT2D eigenvalue weighted by Gasteiger charge is 2.17. The molecule has 0 aromatic heterocycles. The van der Waals surface area contributed by atoms with Gasteiger partial charge in [-0.25, -0.2) is 4.79 Å². The predicted molar refractivity (Wildman–Crippen MR) is 91.7 cm³/mol. The number of benzene rings is 2. The highest BCUT2D eigenvalue weighted by atomic mass is 35.5. The molecule has 2 rings (SSSR count). The number of esters is 1. The van der Waals surface area contributed by atoms with E-state index in [2.05, 4.69) is 5.32 Å². The second kappa shape index (κ2) is 8.46. The Balaban J connectivity index is 1.85. The number of nitrogens with zero attached hydrogens (tertiary/aromatic N) is 1. The lowest BCUT2D eigenvalue weighted by molar-refractivity contribution is -0.384. The molecule has 2 aromatic carbocycles. The van der Waals surface area contributed by atoms with Gasteiger partial charge < -0.3 is 10.1 Å². The van der Waals surface area contributed by atoms with Crippen molar-refractivity contribution in [3.05, 3.63) is 73.8 Å². The van der Waals surface area contributed by atoms with Crippen molar-refractivity contribution in [2.45, 2.75) is 6.54 Å². The van der Waals surface area contributed by atoms with Gasteiger partial charge in [-0.05, 0) is 23.8 Å². The fourth-order valence-corrected chi connectivity index (χ4v) is 2.22. The van der Waals surface area contributed by atoms with E-state index in [9.17, 15) is 19.7 Å². The van der Waals surface area contributed by atoms with Crippen LogP contribution in [0.2, 0.25) is 10.0 Å². The number of nitro benzene ring substituents is 1. The number of hydrogen-bond donors (Lipinski definition) is 1. The van der Waals surface area contributed by atoms with E-state index in [1.807, 2.05) is 0 Å². The van der Waals surface area contributed by atoms with Crippen LogP contribution in [0.5, 0.6) is 0 Å². The van der Waals surface area contributed by atoms with Crippen molar-refractivity contribution >= 4 is 40.8 Å². The number of hydrogen-bond acceptors (Lipinski definition) is 5. The van der Waals surface area contributed by atoms with Gasteiger partial charge in [0.2, 0.25) is 0 Å². The Kier molecular flexibility index (Phi) is 6.32. The molecule has 1 amide bonds. The average Bonchev–Trinajstić information content (AvgIpc) is 2.59. The van der Waals surface area contributed by atoms with E-state index in [1.54, 1.807) is 24.3 Å². The molecule has 130 valence electrons. The Labute approximate surface area is 152 Å². The predicted octanol–water partition coefficient (Wildman–Crippen LogP) is 3.37. The van der Waals surface area contributed by atoms with Crippen LogP contribution in [0.4, 0.5) is 5.69 Å². The second-order valence-electron chi connectivity index (χ2n) is 4.90. The summed E-state index contributed by atoms with van der Waals surface area (Å²) in [5.41, 5.74) is 0.530. The molecular formula is C16H12Cl2N2O5. The Hall–Kier alpha value is -2.64. The van der Waals surface area contributed by atoms with Crippen molar-refractivity contribution in [1.82, 2.24) is 5.32 Å². The summed E-state index contributed by atoms with van der Waals surface area (Å²) in [5.74, 6) is -1.34. The molecule has 0 spiro atoms. The Morgan fingerprint density at radius 1 is 1.12 bits per heavy atom. The summed E-state index contributed by atoms with van der Waals surface area (Å²) in [4.78, 5) is 33.6. The van der Waals surface area contributed by atoms with Gasteiger partial charge in [-0.2, -0.15) is 0 Å². The Bertz CT molecular complexity index is 809. The van der Waals surface area contributed by atoms with Crippen LogP contribution in [0.1, 0.15) is 15.9 Å². The molecule has 0 unspecified atom stereocenters. The van der Waals surface area contributed by atoms with Crippen LogP contribution in [0.15, 0.2) is 42.5 Å². The molecule has 0 aliphatic heterocycles. The summed E-state index contributed by atoms with van der Waals surface area (Å²) in [6.07, 6.45) is 0. The molecule has 7 nitrogen and oxygen atoms in total. The highest BCUT2D eigenvalue weighted by Crippen LogP contribution is 2.23. The van der Waals surface area contributed by atoms with Gasteiger partial charge in [-0.3, -0.25) is 14.9 Å². The fourth-order valence-electron chi connectivity index (χ4n) is 1.85. The van der Waals surface area contributed by atoms with Crippen LogP contribution in [0.3, 0.4) is 0 Å². The van der Waals surface area contributed by atoms with Crippen molar-refractivity contribution in [3.63, 3.8) is 0 Å². The van der Waals surface area contributed by atoms with Gasteiger partial charge in [0, 0.05) is 23.7 Å². The summed E-state index contributed by atoms with van der Waals surface area (Å²) < 4.78 is 4.85. The Morgan fingerprint density at radius 3 is 2.40 bits per heavy atom. The molecule has 9 heteroatoms. The molecule has 0 heterocycles. The molecule has 2 aromatic rings. The minimum Gasteiger partial charge on any atom is -0.452 e. The van der Waals surface area contributed by atoms with Crippen LogP contribution >= 0.6 is 23.2 Å². The van der Waals surface area contributed by atoms with Gasteiger partial charge in [0.15, 0.2) is 6.61 Å². The summed E-state index contributed by atoms with van der Waals surface area (Å²) in [7, 11) is 0. The lowest BCUT2D eigenvalue weighted by Crippen LogP contribution is -2.28. The monoisotopic (exact) mass is 382 g/mol. The minimum absolute atomic E-state index is 0.0576. The number of nitrogens with one attached hydrogen (secondary N) is 1. The third-order valence-corrected chi connectivity index (χ3v) is 3.69. The van der Waals surface area contributed by atoms with E-state index in [1.165, 1.54) is 6.07 Å². The van der Waals surface area contributed by atoms with Crippen LogP contribution in [-0.4, -0.2) is 23.4 Å². The molecule has 0 atom stereocenters. The van der Waals surface area contributed by atoms with E-state index >= 15 is 0 Å². The van der Waals surface area contributed by atoms with Gasteiger partial charge in [-0.1, -0.05) is 35.3 Å². The maximum Gasteiger partial charge on any atom is 0.340 e. The largest absolute Gasteiger partial charge is 0.452 e. The quantitative estimate of drug-likeness (QED) is 0.469. The summed E-state index contributed by atoms with van der Waals surface area (Å²) in [6, 6.07) is 10.2. The third-order valence-electron chi connectivity index (χ3n) is 3.12. The van der Waals surface area contributed by atoms with Crippen molar-refractivity contribution in [2.24, 2.45) is 0 Å². The normalized spacial score (nSPS) is 10.2. The molecular weight excluding hydrogens is 371 g/mol. The molecule has 0 saturated carbocycles. The molecule has 0 aliphatic rings. The van der Waals surface area contributed by atoms with Crippen molar-refractivity contribution < 1.29 is 19.2 Å². The Morgan fingerprint density at radius 2 is 1.80 bits per heavy atom. The number of amides is 1. The van der Waals surface area contributed by atoms with E-state index in [4.69, 9.17) is 27.9 Å². The maximum atomic E-state index is 11.9. The van der Waals surface area contributed by atoms with Gasteiger partial charge >= 0.3 is 5.97 Å². The van der Waals surface area contributed by atoms with Gasteiger partial charge in [0.25, 0.3) is 11.6 Å². The smallest absolute Gasteiger partial charge is 0.340 e. The topological polar surface area (TPSA) is 98.5 Å². The first kappa shape index (κ1) is 18.7. The third kappa shape index (κ3) is 5.44. The maximum absolute atomic E-state index is 11.9. The van der Waals surface area contributed by atoms with Crippen LogP contribution < -0.4 is 5.32 Å². The summed E-state index contributed by atoms with van der Waals surface area (Å²) >= 11 is 11.6. The van der Waals surface area contributed by atoms with E-state index in [0.717, 1.165) is 17.7 Å². The average molecular weight is 383 g/mol. The number of halogens is 2. The van der Waals surface area contributed by atoms with Gasteiger partial charge in [0.05, 0.1) is 15.5 Å². The zero-order chi connectivity index (χ0) is 18.4. The van der Waals surface area contributed by atoms with Crippen molar-refractivity contribution in [3.8, 4) is 0 Å². The first-order chi connectivity index (χ1) is 11.9. The van der Waals surface area contributed by atoms with Crippen LogP contribution in [0, 0.1) is 10.1 Å². The first-order valence-electron chi connectivity index (χ1n) is 6.99. The molecule has 0 bridgehead atoms. The molecule has 0 aliphatic carbocycles. The summed E-state index contributed by atoms with van der Waals surface area (Å²) in [5, 5.41) is 13.7. The second-order valence-corrected chi connectivity index (χ2v) is 5.74.